The summed E-state index contributed by atoms with van der Waals surface area (Å²) in [5.74, 6) is 1.42. The van der Waals surface area contributed by atoms with Crippen molar-refractivity contribution < 1.29 is 13.9 Å². The van der Waals surface area contributed by atoms with Gasteiger partial charge in [-0.2, -0.15) is 0 Å². The maximum Gasteiger partial charge on any atom is 0.258 e. The molecule has 5 heteroatoms. The zero-order chi connectivity index (χ0) is 13.4. The topological polar surface area (TPSA) is 42.7 Å². The maximum atomic E-state index is 12.5. The molecular weight excluding hydrogens is 298 g/mol. The van der Waals surface area contributed by atoms with Crippen LogP contribution in [0.4, 0.5) is 0 Å². The lowest BCUT2D eigenvalue weighted by Crippen LogP contribution is -2.48. The Morgan fingerprint density at radius 3 is 2.22 bits per heavy atom. The standard InChI is InChI=1S/C13H18BrNO3/c1-7-5-15(6-8(2)17-7)13(16)11-9(3)18-10(4)12(11)14/h7-8H,5-6H2,1-4H3/t7-,8-/m0/s1. The number of halogens is 1. The highest BCUT2D eigenvalue weighted by Crippen LogP contribution is 2.29. The number of carbonyl (C=O) groups is 1. The van der Waals surface area contributed by atoms with Gasteiger partial charge in [0.25, 0.3) is 5.91 Å². The number of hydrogen-bond acceptors (Lipinski definition) is 3. The first-order valence-corrected chi connectivity index (χ1v) is 6.89. The number of amides is 1. The molecule has 0 saturated carbocycles. The van der Waals surface area contributed by atoms with Crippen molar-refractivity contribution in [3.05, 3.63) is 21.6 Å². The van der Waals surface area contributed by atoms with Crippen LogP contribution >= 0.6 is 15.9 Å². The van der Waals surface area contributed by atoms with E-state index >= 15 is 0 Å². The van der Waals surface area contributed by atoms with E-state index in [0.717, 1.165) is 10.2 Å². The van der Waals surface area contributed by atoms with Gasteiger partial charge < -0.3 is 14.1 Å². The Hall–Kier alpha value is -0.810. The molecule has 2 heterocycles. The fourth-order valence-corrected chi connectivity index (χ4v) is 2.93. The molecular formula is C13H18BrNO3. The molecule has 2 atom stereocenters. The van der Waals surface area contributed by atoms with Crippen LogP contribution in [0.5, 0.6) is 0 Å². The van der Waals surface area contributed by atoms with E-state index < -0.39 is 0 Å². The first-order valence-electron chi connectivity index (χ1n) is 6.10. The molecule has 1 aliphatic rings. The lowest BCUT2D eigenvalue weighted by molar-refractivity contribution is -0.0586. The summed E-state index contributed by atoms with van der Waals surface area (Å²) in [6.07, 6.45) is 0.148. The summed E-state index contributed by atoms with van der Waals surface area (Å²) in [5.41, 5.74) is 0.633. The molecule has 0 bridgehead atoms. The fraction of sp³-hybridized carbons (Fsp3) is 0.615. The highest BCUT2D eigenvalue weighted by Gasteiger charge is 2.30. The van der Waals surface area contributed by atoms with Crippen molar-refractivity contribution in [3.8, 4) is 0 Å². The van der Waals surface area contributed by atoms with Gasteiger partial charge in [-0.05, 0) is 43.6 Å². The van der Waals surface area contributed by atoms with Crippen molar-refractivity contribution in [2.45, 2.75) is 39.9 Å². The second kappa shape index (κ2) is 5.05. The van der Waals surface area contributed by atoms with Gasteiger partial charge in [-0.15, -0.1) is 0 Å². The number of hydrogen-bond donors (Lipinski definition) is 0. The number of morpholine rings is 1. The normalized spacial score (nSPS) is 24.4. The van der Waals surface area contributed by atoms with Crippen molar-refractivity contribution in [1.82, 2.24) is 4.90 Å². The summed E-state index contributed by atoms with van der Waals surface area (Å²) in [5, 5.41) is 0. The third kappa shape index (κ3) is 2.47. The second-order valence-corrected chi connectivity index (χ2v) is 5.66. The van der Waals surface area contributed by atoms with E-state index in [1.807, 2.05) is 32.6 Å². The minimum Gasteiger partial charge on any atom is -0.465 e. The molecule has 4 nitrogen and oxygen atoms in total. The van der Waals surface area contributed by atoms with E-state index in [0.29, 0.717) is 24.4 Å². The van der Waals surface area contributed by atoms with Crippen LogP contribution < -0.4 is 0 Å². The van der Waals surface area contributed by atoms with Gasteiger partial charge in [-0.3, -0.25) is 4.79 Å². The number of carbonyl (C=O) groups excluding carboxylic acids is 1. The fourth-order valence-electron chi connectivity index (χ4n) is 2.40. The Morgan fingerprint density at radius 1 is 1.22 bits per heavy atom. The zero-order valence-electron chi connectivity index (χ0n) is 11.1. The van der Waals surface area contributed by atoms with E-state index in [-0.39, 0.29) is 18.1 Å². The largest absolute Gasteiger partial charge is 0.465 e. The molecule has 1 aromatic rings. The monoisotopic (exact) mass is 315 g/mol. The van der Waals surface area contributed by atoms with Gasteiger partial charge in [0, 0.05) is 13.1 Å². The average Bonchev–Trinajstić information content (AvgIpc) is 2.51. The second-order valence-electron chi connectivity index (χ2n) is 4.87. The molecule has 0 aliphatic carbocycles. The molecule has 0 unspecified atom stereocenters. The first kappa shape index (κ1) is 13.6. The van der Waals surface area contributed by atoms with Gasteiger partial charge in [0.2, 0.25) is 0 Å². The van der Waals surface area contributed by atoms with Gasteiger partial charge >= 0.3 is 0 Å². The molecule has 0 spiro atoms. The molecule has 2 rings (SSSR count). The Bertz CT molecular complexity index is 459. The van der Waals surface area contributed by atoms with Crippen molar-refractivity contribution in [2.75, 3.05) is 13.1 Å². The molecule has 0 radical (unpaired) electrons. The number of ether oxygens (including phenoxy) is 1. The van der Waals surface area contributed by atoms with Gasteiger partial charge in [0.15, 0.2) is 0 Å². The van der Waals surface area contributed by atoms with E-state index in [2.05, 4.69) is 15.9 Å². The summed E-state index contributed by atoms with van der Waals surface area (Å²) in [6.45, 7) is 8.88. The number of nitrogens with zero attached hydrogens (tertiary/aromatic N) is 1. The molecule has 1 amide bonds. The SMILES string of the molecule is Cc1oc(C)c(C(=O)N2C[C@H](C)O[C@@H](C)C2)c1Br. The van der Waals surface area contributed by atoms with Gasteiger partial charge in [-0.25, -0.2) is 0 Å². The third-order valence-corrected chi connectivity index (χ3v) is 4.06. The minimum absolute atomic E-state index is 0.0122. The minimum atomic E-state index is 0.0122. The zero-order valence-corrected chi connectivity index (χ0v) is 12.7. The summed E-state index contributed by atoms with van der Waals surface area (Å²) in [4.78, 5) is 14.4. The van der Waals surface area contributed by atoms with Crippen LogP contribution in [0, 0.1) is 13.8 Å². The molecule has 100 valence electrons. The van der Waals surface area contributed by atoms with Gasteiger partial charge in [-0.1, -0.05) is 0 Å². The Morgan fingerprint density at radius 2 is 1.78 bits per heavy atom. The van der Waals surface area contributed by atoms with E-state index in [1.165, 1.54) is 0 Å². The molecule has 18 heavy (non-hydrogen) atoms. The van der Waals surface area contributed by atoms with Crippen molar-refractivity contribution >= 4 is 21.8 Å². The molecule has 1 saturated heterocycles. The van der Waals surface area contributed by atoms with Crippen LogP contribution in [0.1, 0.15) is 35.7 Å². The summed E-state index contributed by atoms with van der Waals surface area (Å²) < 4.78 is 11.9. The third-order valence-electron chi connectivity index (χ3n) is 3.11. The number of aryl methyl sites for hydroxylation is 2. The van der Waals surface area contributed by atoms with Crippen LogP contribution in [0.15, 0.2) is 8.89 Å². The molecule has 1 aromatic heterocycles. The van der Waals surface area contributed by atoms with Crippen LogP contribution in [0.25, 0.3) is 0 Å². The quantitative estimate of drug-likeness (QED) is 0.800. The Kier molecular flexibility index (Phi) is 3.82. The highest BCUT2D eigenvalue weighted by molar-refractivity contribution is 9.10. The molecule has 1 fully saturated rings. The van der Waals surface area contributed by atoms with E-state index in [4.69, 9.17) is 9.15 Å². The number of furan rings is 1. The van der Waals surface area contributed by atoms with E-state index in [9.17, 15) is 4.79 Å². The van der Waals surface area contributed by atoms with Crippen LogP contribution in [-0.4, -0.2) is 36.1 Å². The van der Waals surface area contributed by atoms with Gasteiger partial charge in [0.05, 0.1) is 22.2 Å². The molecule has 0 aromatic carbocycles. The van der Waals surface area contributed by atoms with Crippen molar-refractivity contribution in [1.29, 1.82) is 0 Å². The van der Waals surface area contributed by atoms with Crippen LogP contribution in [-0.2, 0) is 4.74 Å². The summed E-state index contributed by atoms with van der Waals surface area (Å²) >= 11 is 3.43. The molecule has 1 aliphatic heterocycles. The van der Waals surface area contributed by atoms with Crippen molar-refractivity contribution in [2.24, 2.45) is 0 Å². The van der Waals surface area contributed by atoms with Crippen LogP contribution in [0.3, 0.4) is 0 Å². The predicted molar refractivity (Wildman–Crippen MR) is 71.8 cm³/mol. The maximum absolute atomic E-state index is 12.5. The molecule has 0 N–H and O–H groups in total. The van der Waals surface area contributed by atoms with Crippen LogP contribution in [0.2, 0.25) is 0 Å². The number of rotatable bonds is 1. The van der Waals surface area contributed by atoms with Gasteiger partial charge in [0.1, 0.15) is 11.5 Å². The lowest BCUT2D eigenvalue weighted by atomic mass is 10.1. The highest BCUT2D eigenvalue weighted by atomic mass is 79.9. The Labute approximate surface area is 115 Å². The smallest absolute Gasteiger partial charge is 0.258 e. The lowest BCUT2D eigenvalue weighted by Gasteiger charge is -2.35. The first-order chi connectivity index (χ1) is 8.40. The van der Waals surface area contributed by atoms with E-state index in [1.54, 1.807) is 0 Å². The van der Waals surface area contributed by atoms with Crippen molar-refractivity contribution in [3.63, 3.8) is 0 Å². The Balaban J connectivity index is 2.25. The summed E-state index contributed by atoms with van der Waals surface area (Å²) in [6, 6.07) is 0. The average molecular weight is 316 g/mol. The summed E-state index contributed by atoms with van der Waals surface area (Å²) in [7, 11) is 0. The predicted octanol–water partition coefficient (Wildman–Crippen LogP) is 2.91.